The number of nitrogens with two attached hydrogens (primary N) is 1. The minimum absolute atomic E-state index is 0.523. The van der Waals surface area contributed by atoms with E-state index in [1.807, 2.05) is 31.2 Å². The van der Waals surface area contributed by atoms with Crippen LogP contribution in [0.5, 0.6) is 5.75 Å². The number of fused-ring (bicyclic) bond motifs is 1. The molecule has 0 fully saturated rings. The number of ether oxygens (including phenoxy) is 1. The van der Waals surface area contributed by atoms with Gasteiger partial charge in [-0.1, -0.05) is 24.3 Å². The zero-order chi connectivity index (χ0) is 16.6. The van der Waals surface area contributed by atoms with Gasteiger partial charge in [-0.2, -0.15) is 0 Å². The van der Waals surface area contributed by atoms with Gasteiger partial charge in [-0.25, -0.2) is 0 Å². The van der Waals surface area contributed by atoms with E-state index in [0.717, 1.165) is 38.9 Å². The molecule has 1 heterocycles. The third-order valence-electron chi connectivity index (χ3n) is 4.15. The number of rotatable bonds is 4. The first-order valence-electron chi connectivity index (χ1n) is 7.52. The molecule has 0 bridgehead atoms. The van der Waals surface area contributed by atoms with Crippen molar-refractivity contribution in [2.75, 3.05) is 7.11 Å². The van der Waals surface area contributed by atoms with Crippen LogP contribution in [-0.2, 0) is 12.0 Å². The Labute approximate surface area is 144 Å². The molecule has 1 aromatic heterocycles. The second kappa shape index (κ2) is 6.02. The summed E-state index contributed by atoms with van der Waals surface area (Å²) in [6, 6.07) is 14.1. The van der Waals surface area contributed by atoms with Gasteiger partial charge in [-0.15, -0.1) is 0 Å². The van der Waals surface area contributed by atoms with Crippen LogP contribution in [0.4, 0.5) is 0 Å². The molecule has 4 heteroatoms. The number of aryl methyl sites for hydroxylation is 1. The lowest BCUT2D eigenvalue weighted by molar-refractivity contribution is 0.414. The molecule has 3 nitrogen and oxygen atoms in total. The van der Waals surface area contributed by atoms with Crippen molar-refractivity contribution in [2.24, 2.45) is 5.73 Å². The maximum Gasteiger partial charge on any atom is 0.148 e. The van der Waals surface area contributed by atoms with Crippen LogP contribution in [0.2, 0.25) is 0 Å². The smallest absolute Gasteiger partial charge is 0.148 e. The molecule has 120 valence electrons. The predicted octanol–water partition coefficient (Wildman–Crippen LogP) is 4.93. The van der Waals surface area contributed by atoms with Gasteiger partial charge in [-0.3, -0.25) is 0 Å². The summed E-state index contributed by atoms with van der Waals surface area (Å²) in [5.41, 5.74) is 9.25. The number of halogens is 1. The van der Waals surface area contributed by atoms with E-state index in [1.54, 1.807) is 7.11 Å². The maximum absolute atomic E-state index is 6.70. The zero-order valence-corrected chi connectivity index (χ0v) is 15.1. The Bertz CT molecular complexity index is 834. The third-order valence-corrected chi connectivity index (χ3v) is 4.77. The minimum atomic E-state index is -0.523. The molecule has 23 heavy (non-hydrogen) atoms. The molecule has 1 atom stereocenters. The summed E-state index contributed by atoms with van der Waals surface area (Å²) < 4.78 is 12.1. The minimum Gasteiger partial charge on any atom is -0.497 e. The van der Waals surface area contributed by atoms with E-state index in [2.05, 4.69) is 41.1 Å². The molecule has 0 amide bonds. The first kappa shape index (κ1) is 16.1. The van der Waals surface area contributed by atoms with Crippen LogP contribution in [0.1, 0.15) is 23.8 Å². The van der Waals surface area contributed by atoms with Crippen LogP contribution in [0.15, 0.2) is 51.4 Å². The van der Waals surface area contributed by atoms with Crippen molar-refractivity contribution in [3.63, 3.8) is 0 Å². The normalized spacial score (nSPS) is 14.0. The Morgan fingerprint density at radius 2 is 1.87 bits per heavy atom. The van der Waals surface area contributed by atoms with Crippen LogP contribution in [0.25, 0.3) is 11.0 Å². The standard InChI is InChI=1S/C19H20BrNO2/c1-12-17(15-5-4-6-16(20)18(15)23-12)19(2,21)11-13-7-9-14(22-3)10-8-13/h4-10H,11,21H2,1-3H3. The molecule has 0 spiro atoms. The van der Waals surface area contributed by atoms with E-state index in [-0.39, 0.29) is 0 Å². The van der Waals surface area contributed by atoms with Gasteiger partial charge in [0.25, 0.3) is 0 Å². The summed E-state index contributed by atoms with van der Waals surface area (Å²) in [5.74, 6) is 1.71. The SMILES string of the molecule is COc1ccc(CC(C)(N)c2c(C)oc3c(Br)cccc23)cc1. The molecular formula is C19H20BrNO2. The van der Waals surface area contributed by atoms with Crippen molar-refractivity contribution >= 4 is 26.9 Å². The van der Waals surface area contributed by atoms with E-state index in [4.69, 9.17) is 14.9 Å². The molecule has 3 rings (SSSR count). The molecular weight excluding hydrogens is 354 g/mol. The Kier molecular flexibility index (Phi) is 4.21. The van der Waals surface area contributed by atoms with E-state index in [0.29, 0.717) is 0 Å². The summed E-state index contributed by atoms with van der Waals surface area (Å²) in [6.07, 6.45) is 0.721. The van der Waals surface area contributed by atoms with Gasteiger partial charge in [-0.05, 0) is 60.0 Å². The third kappa shape index (κ3) is 3.01. The molecule has 0 saturated heterocycles. The van der Waals surface area contributed by atoms with E-state index in [9.17, 15) is 0 Å². The molecule has 0 radical (unpaired) electrons. The second-order valence-corrected chi connectivity index (χ2v) is 6.95. The summed E-state index contributed by atoms with van der Waals surface area (Å²) in [4.78, 5) is 0. The molecule has 2 N–H and O–H groups in total. The number of hydrogen-bond donors (Lipinski definition) is 1. The van der Waals surface area contributed by atoms with E-state index >= 15 is 0 Å². The summed E-state index contributed by atoms with van der Waals surface area (Å²) >= 11 is 3.55. The molecule has 0 saturated carbocycles. The largest absolute Gasteiger partial charge is 0.497 e. The predicted molar refractivity (Wildman–Crippen MR) is 96.9 cm³/mol. The molecule has 0 aliphatic rings. The van der Waals surface area contributed by atoms with Crippen molar-refractivity contribution in [3.05, 3.63) is 63.8 Å². The highest BCUT2D eigenvalue weighted by Crippen LogP contribution is 2.37. The van der Waals surface area contributed by atoms with Crippen molar-refractivity contribution in [3.8, 4) is 5.75 Å². The Hall–Kier alpha value is -1.78. The van der Waals surface area contributed by atoms with Gasteiger partial charge in [0.2, 0.25) is 0 Å². The highest BCUT2D eigenvalue weighted by Gasteiger charge is 2.29. The lowest BCUT2D eigenvalue weighted by Crippen LogP contribution is -2.35. The van der Waals surface area contributed by atoms with Gasteiger partial charge < -0.3 is 14.9 Å². The molecule has 2 aromatic carbocycles. The first-order chi connectivity index (χ1) is 10.9. The average molecular weight is 374 g/mol. The summed E-state index contributed by atoms with van der Waals surface area (Å²) in [6.45, 7) is 4.02. The molecule has 3 aromatic rings. The monoisotopic (exact) mass is 373 g/mol. The highest BCUT2D eigenvalue weighted by molar-refractivity contribution is 9.10. The van der Waals surface area contributed by atoms with Crippen LogP contribution >= 0.6 is 15.9 Å². The quantitative estimate of drug-likeness (QED) is 0.705. The number of hydrogen-bond acceptors (Lipinski definition) is 3. The number of benzene rings is 2. The zero-order valence-electron chi connectivity index (χ0n) is 13.5. The first-order valence-corrected chi connectivity index (χ1v) is 8.31. The molecule has 0 aliphatic carbocycles. The van der Waals surface area contributed by atoms with Gasteiger partial charge in [0, 0.05) is 16.5 Å². The van der Waals surface area contributed by atoms with Crippen LogP contribution in [0.3, 0.4) is 0 Å². The Balaban J connectivity index is 2.01. The van der Waals surface area contributed by atoms with Gasteiger partial charge in [0.15, 0.2) is 0 Å². The fraction of sp³-hybridized carbons (Fsp3) is 0.263. The Morgan fingerprint density at radius 3 is 2.52 bits per heavy atom. The number of furan rings is 1. The van der Waals surface area contributed by atoms with Crippen LogP contribution in [0, 0.1) is 6.92 Å². The van der Waals surface area contributed by atoms with Gasteiger partial charge in [0.05, 0.1) is 11.6 Å². The molecule has 1 unspecified atom stereocenters. The lowest BCUT2D eigenvalue weighted by Gasteiger charge is -2.25. The van der Waals surface area contributed by atoms with Crippen molar-refractivity contribution < 1.29 is 9.15 Å². The van der Waals surface area contributed by atoms with E-state index < -0.39 is 5.54 Å². The van der Waals surface area contributed by atoms with Crippen LogP contribution < -0.4 is 10.5 Å². The molecule has 0 aliphatic heterocycles. The summed E-state index contributed by atoms with van der Waals surface area (Å²) in [5, 5.41) is 1.07. The topological polar surface area (TPSA) is 48.4 Å². The number of methoxy groups -OCH3 is 1. The average Bonchev–Trinajstić information content (AvgIpc) is 2.86. The van der Waals surface area contributed by atoms with Crippen molar-refractivity contribution in [1.82, 2.24) is 0 Å². The van der Waals surface area contributed by atoms with Crippen LogP contribution in [-0.4, -0.2) is 7.11 Å². The second-order valence-electron chi connectivity index (χ2n) is 6.09. The van der Waals surface area contributed by atoms with E-state index in [1.165, 1.54) is 5.56 Å². The summed E-state index contributed by atoms with van der Waals surface area (Å²) in [7, 11) is 1.67. The number of para-hydroxylation sites is 1. The lowest BCUT2D eigenvalue weighted by atomic mass is 9.85. The van der Waals surface area contributed by atoms with Crippen molar-refractivity contribution in [1.29, 1.82) is 0 Å². The van der Waals surface area contributed by atoms with Gasteiger partial charge in [0.1, 0.15) is 17.1 Å². The van der Waals surface area contributed by atoms with Gasteiger partial charge >= 0.3 is 0 Å². The fourth-order valence-electron chi connectivity index (χ4n) is 3.17. The fourth-order valence-corrected chi connectivity index (χ4v) is 3.62. The van der Waals surface area contributed by atoms with Crippen molar-refractivity contribution in [2.45, 2.75) is 25.8 Å². The Morgan fingerprint density at radius 1 is 1.17 bits per heavy atom. The highest BCUT2D eigenvalue weighted by atomic mass is 79.9. The maximum atomic E-state index is 6.70.